The Bertz CT molecular complexity index is 1820. The highest BCUT2D eigenvalue weighted by Gasteiger charge is 2.31. The molecular weight excluding hydrogens is 811 g/mol. The molecule has 1 aliphatic heterocycles. The first-order valence-corrected chi connectivity index (χ1v) is 22.9. The van der Waals surface area contributed by atoms with Gasteiger partial charge in [-0.2, -0.15) is 0 Å². The van der Waals surface area contributed by atoms with E-state index in [9.17, 15) is 35.9 Å². The number of rotatable bonds is 2. The molecule has 7 rings (SSSR count). The third-order valence-electron chi connectivity index (χ3n) is 9.03. The molecule has 1 saturated heterocycles. The number of hydrogen-bond donors (Lipinski definition) is 0. The van der Waals surface area contributed by atoms with Crippen LogP contribution in [0.3, 0.4) is 0 Å². The van der Waals surface area contributed by atoms with E-state index in [1.165, 1.54) is 12.1 Å². The lowest BCUT2D eigenvalue weighted by Gasteiger charge is -2.30. The molecule has 0 N–H and O–H groups in total. The van der Waals surface area contributed by atoms with Crippen molar-refractivity contribution in [1.29, 1.82) is 0 Å². The molecule has 3 nitrogen and oxygen atoms in total. The lowest BCUT2D eigenvalue weighted by Crippen LogP contribution is -2.18. The Morgan fingerprint density at radius 3 is 1.56 bits per heavy atom. The van der Waals surface area contributed by atoms with E-state index in [2.05, 4.69) is 0 Å². The Labute approximate surface area is 333 Å². The van der Waals surface area contributed by atoms with Gasteiger partial charge < -0.3 is 4.74 Å². The van der Waals surface area contributed by atoms with E-state index in [0.29, 0.717) is 35.4 Å². The molecule has 4 aromatic carbocycles. The van der Waals surface area contributed by atoms with Crippen molar-refractivity contribution in [1.82, 2.24) is 0 Å². The predicted molar refractivity (Wildman–Crippen MR) is 205 cm³/mol. The molecule has 14 heteroatoms. The Morgan fingerprint density at radius 2 is 1.09 bits per heavy atom. The molecule has 0 bridgehead atoms. The van der Waals surface area contributed by atoms with Crippen molar-refractivity contribution in [3.63, 3.8) is 0 Å². The second-order valence-corrected chi connectivity index (χ2v) is 19.9. The average molecular weight is 851 g/mol. The highest BCUT2D eigenvalue weighted by atomic mass is 35.8. The Balaban J connectivity index is 0.000000204. The van der Waals surface area contributed by atoms with Crippen molar-refractivity contribution >= 4 is 64.9 Å². The Kier molecular flexibility index (Phi) is 18.7. The monoisotopic (exact) mass is 848 g/mol. The van der Waals surface area contributed by atoms with Gasteiger partial charge in [-0.3, -0.25) is 9.59 Å². The van der Waals surface area contributed by atoms with Crippen LogP contribution in [0.5, 0.6) is 0 Å². The average Bonchev–Trinajstić information content (AvgIpc) is 3.51. The van der Waals surface area contributed by atoms with Crippen LogP contribution in [0.4, 0.5) is 26.3 Å². The number of carbonyl (C=O) groups excluding carboxylic acids is 2. The molecule has 3 aliphatic rings. The number of fused-ring (bicyclic) bond motifs is 2. The zero-order valence-electron chi connectivity index (χ0n) is 29.8. The van der Waals surface area contributed by atoms with Crippen LogP contribution in [0.2, 0.25) is 5.02 Å². The third kappa shape index (κ3) is 14.1. The second kappa shape index (κ2) is 22.1. The summed E-state index contributed by atoms with van der Waals surface area (Å²) in [5, 5.41) is 0.689. The number of ketones is 1. The molecule has 2 aliphatic carbocycles. The van der Waals surface area contributed by atoms with E-state index in [-0.39, 0.29) is 58.4 Å². The SMILES string of the molecule is CC1CCC(=O)O1.CC1CCC(=O)c2c(F)ccc(F)c21.CC1CCC(Cc2ccc(Cl)cc2)c2c(F)ccc(F)c21.Fc1ccc(F)cc1.[Cl][Al]([Cl])[Cl]. The summed E-state index contributed by atoms with van der Waals surface area (Å²) >= 11 is 4.17. The topological polar surface area (TPSA) is 43.4 Å². The fourth-order valence-corrected chi connectivity index (χ4v) is 6.52. The van der Waals surface area contributed by atoms with E-state index >= 15 is 0 Å². The minimum Gasteiger partial charge on any atom is -0.463 e. The molecule has 0 radical (unpaired) electrons. The maximum absolute atomic E-state index is 14.3. The summed E-state index contributed by atoms with van der Waals surface area (Å²) in [5.41, 5.74) is 2.46. The van der Waals surface area contributed by atoms with Crippen LogP contribution in [-0.2, 0) is 16.0 Å². The maximum Gasteiger partial charge on any atom is 0.643 e. The van der Waals surface area contributed by atoms with Gasteiger partial charge in [0.05, 0.1) is 11.7 Å². The molecule has 1 heterocycles. The van der Waals surface area contributed by atoms with Crippen molar-refractivity contribution in [3.8, 4) is 0 Å². The first kappa shape index (κ1) is 45.7. The van der Waals surface area contributed by atoms with Crippen LogP contribution >= 0.6 is 41.7 Å². The van der Waals surface area contributed by atoms with Gasteiger partial charge >= 0.3 is 17.4 Å². The van der Waals surface area contributed by atoms with E-state index in [1.807, 2.05) is 45.0 Å². The van der Waals surface area contributed by atoms with Gasteiger partial charge in [0.2, 0.25) is 0 Å². The predicted octanol–water partition coefficient (Wildman–Crippen LogP) is 13.3. The lowest BCUT2D eigenvalue weighted by atomic mass is 9.74. The number of Topliss-reactive ketones (excluding diaryl/α,β-unsaturated/α-hetero) is 1. The van der Waals surface area contributed by atoms with Crippen LogP contribution in [0.1, 0.15) is 110 Å². The van der Waals surface area contributed by atoms with E-state index in [0.717, 1.165) is 67.6 Å². The van der Waals surface area contributed by atoms with Crippen molar-refractivity contribution in [2.45, 2.75) is 89.6 Å². The fourth-order valence-electron chi connectivity index (χ4n) is 6.39. The molecule has 4 aromatic rings. The number of esters is 1. The Hall–Kier alpha value is -2.71. The van der Waals surface area contributed by atoms with Gasteiger partial charge in [0, 0.05) is 23.4 Å². The largest absolute Gasteiger partial charge is 0.643 e. The normalized spacial score (nSPS) is 19.4. The minimum absolute atomic E-state index is 0.0353. The van der Waals surface area contributed by atoms with E-state index in [4.69, 9.17) is 46.5 Å². The zero-order chi connectivity index (χ0) is 40.1. The Morgan fingerprint density at radius 1 is 0.611 bits per heavy atom. The summed E-state index contributed by atoms with van der Waals surface area (Å²) in [6.45, 7) is 5.69. The first-order valence-electron chi connectivity index (χ1n) is 17.2. The number of halogens is 10. The summed E-state index contributed by atoms with van der Waals surface area (Å²) in [6, 6.07) is 16.5. The van der Waals surface area contributed by atoms with Crippen LogP contribution in [0.25, 0.3) is 0 Å². The molecule has 0 aromatic heterocycles. The molecule has 4 atom stereocenters. The fraction of sp³-hybridized carbons (Fsp3) is 0.350. The molecule has 1 fully saturated rings. The van der Waals surface area contributed by atoms with Crippen LogP contribution in [0.15, 0.2) is 72.8 Å². The quantitative estimate of drug-likeness (QED) is 0.115. The van der Waals surface area contributed by atoms with Gasteiger partial charge in [0.1, 0.15) is 34.9 Å². The number of hydrogen-bond acceptors (Lipinski definition) is 3. The summed E-state index contributed by atoms with van der Waals surface area (Å²) < 4.78 is 83.5. The van der Waals surface area contributed by atoms with Crippen LogP contribution in [0, 0.1) is 34.9 Å². The number of cyclic esters (lactones) is 1. The maximum atomic E-state index is 14.3. The molecule has 54 heavy (non-hydrogen) atoms. The second-order valence-electron chi connectivity index (χ2n) is 13.1. The number of benzene rings is 4. The molecule has 0 amide bonds. The van der Waals surface area contributed by atoms with Crippen LogP contribution < -0.4 is 0 Å². The van der Waals surface area contributed by atoms with Gasteiger partial charge in [-0.15, -0.1) is 0 Å². The summed E-state index contributed by atoms with van der Waals surface area (Å²) in [4.78, 5) is 21.6. The molecule has 4 unspecified atom stereocenters. The minimum atomic E-state index is -1.72. The third-order valence-corrected chi connectivity index (χ3v) is 9.29. The van der Waals surface area contributed by atoms with Gasteiger partial charge in [-0.25, -0.2) is 56.5 Å². The smallest absolute Gasteiger partial charge is 0.463 e. The van der Waals surface area contributed by atoms with Gasteiger partial charge in [-0.05, 0) is 134 Å². The number of ether oxygens (including phenoxy) is 1. The standard InChI is InChI=1S/C18H17ClF2.C11H10F2O.C6H4F2.C5H8O2.Al.3ClH/c1-11-2-5-13(10-12-3-6-14(19)7-4-12)18-16(21)9-8-15(20)17(11)18;1-6-2-5-9(14)11-8(13)4-3-7(12)10(6)11;7-5-1-2-6(8)4-3-5;1-4-2-3-5(6)7-4;;;;/h3-4,6-9,11,13H,2,5,10H2,1H3;3-4,6H,2,5H2,1H3;1-4H;4H,2-3H2,1H3;;3*1H/q;;;;+3;;;/p-3. The van der Waals surface area contributed by atoms with Crippen molar-refractivity contribution < 1.29 is 40.7 Å². The highest BCUT2D eigenvalue weighted by Crippen LogP contribution is 2.43. The highest BCUT2D eigenvalue weighted by molar-refractivity contribution is 7.54. The van der Waals surface area contributed by atoms with Gasteiger partial charge in [0.25, 0.3) is 0 Å². The lowest BCUT2D eigenvalue weighted by molar-refractivity contribution is -0.140. The molecular formula is C40H39AlCl4F6O3. The zero-order valence-corrected chi connectivity index (χ0v) is 33.9. The molecule has 290 valence electrons. The molecule has 0 saturated carbocycles. The van der Waals surface area contributed by atoms with E-state index in [1.54, 1.807) is 0 Å². The van der Waals surface area contributed by atoms with Gasteiger partial charge in [-0.1, -0.05) is 37.6 Å². The first-order chi connectivity index (χ1) is 25.5. The summed E-state index contributed by atoms with van der Waals surface area (Å²) in [7, 11) is 14.8. The summed E-state index contributed by atoms with van der Waals surface area (Å²) in [6.07, 6.45) is 5.10. The van der Waals surface area contributed by atoms with Crippen molar-refractivity contribution in [2.75, 3.05) is 0 Å². The number of carbonyl (C=O) groups is 2. The van der Waals surface area contributed by atoms with E-state index < -0.39 is 34.7 Å². The van der Waals surface area contributed by atoms with Crippen LogP contribution in [-0.4, -0.2) is 29.2 Å². The van der Waals surface area contributed by atoms with Crippen molar-refractivity contribution in [2.24, 2.45) is 0 Å². The molecule has 0 spiro atoms. The van der Waals surface area contributed by atoms with Crippen molar-refractivity contribution in [3.05, 3.63) is 141 Å². The van der Waals surface area contributed by atoms with Gasteiger partial charge in [0.15, 0.2) is 5.78 Å². The summed E-state index contributed by atoms with van der Waals surface area (Å²) in [5.74, 6) is -2.74.